The van der Waals surface area contributed by atoms with Gasteiger partial charge in [0.05, 0.1) is 5.56 Å². The van der Waals surface area contributed by atoms with Crippen LogP contribution < -0.4 is 10.2 Å². The molecule has 120 valence electrons. The molecule has 24 heavy (non-hydrogen) atoms. The van der Waals surface area contributed by atoms with Crippen LogP contribution in [0.4, 0.5) is 11.4 Å². The van der Waals surface area contributed by atoms with Crippen molar-refractivity contribution >= 4 is 17.3 Å². The number of benzene rings is 2. The fraction of sp³-hybridized carbons (Fsp3) is 0.150. The summed E-state index contributed by atoms with van der Waals surface area (Å²) in [5.41, 5.74) is 5.69. The van der Waals surface area contributed by atoms with E-state index in [1.165, 1.54) is 0 Å². The van der Waals surface area contributed by atoms with E-state index in [-0.39, 0.29) is 12.1 Å². The predicted octanol–water partition coefficient (Wildman–Crippen LogP) is 4.40. The number of aromatic amines is 1. The van der Waals surface area contributed by atoms with Gasteiger partial charge in [0.15, 0.2) is 0 Å². The number of hydrogen-bond acceptors (Lipinski definition) is 2. The molecule has 0 saturated heterocycles. The van der Waals surface area contributed by atoms with Crippen molar-refractivity contribution in [1.29, 1.82) is 0 Å². The molecule has 1 amide bonds. The summed E-state index contributed by atoms with van der Waals surface area (Å²) in [7, 11) is 0. The molecule has 0 saturated carbocycles. The van der Waals surface area contributed by atoms with Crippen molar-refractivity contribution < 1.29 is 4.79 Å². The summed E-state index contributed by atoms with van der Waals surface area (Å²) in [5, 5.41) is 3.53. The number of para-hydroxylation sites is 2. The summed E-state index contributed by atoms with van der Waals surface area (Å²) in [4.78, 5) is 18.4. The molecule has 1 atom stereocenters. The highest BCUT2D eigenvalue weighted by Crippen LogP contribution is 2.37. The molecule has 3 aromatic rings. The number of hydrogen-bond donors (Lipinski definition) is 2. The molecule has 1 aromatic heterocycles. The summed E-state index contributed by atoms with van der Waals surface area (Å²) in [6.07, 6.45) is -0.236. The monoisotopic (exact) mass is 317 g/mol. The molecular weight excluding hydrogens is 298 g/mol. The zero-order valence-electron chi connectivity index (χ0n) is 13.7. The van der Waals surface area contributed by atoms with Gasteiger partial charge in [-0.2, -0.15) is 0 Å². The molecule has 1 aliphatic heterocycles. The zero-order chi connectivity index (χ0) is 16.7. The van der Waals surface area contributed by atoms with Gasteiger partial charge in [0.2, 0.25) is 0 Å². The highest BCUT2D eigenvalue weighted by Gasteiger charge is 2.35. The lowest BCUT2D eigenvalue weighted by molar-refractivity contribution is 0.0975. The lowest BCUT2D eigenvalue weighted by Crippen LogP contribution is -2.43. The van der Waals surface area contributed by atoms with Crippen molar-refractivity contribution in [2.45, 2.75) is 20.0 Å². The molecule has 4 rings (SSSR count). The first-order chi connectivity index (χ1) is 11.6. The number of H-pyrrole nitrogens is 1. The van der Waals surface area contributed by atoms with E-state index in [0.717, 1.165) is 28.3 Å². The van der Waals surface area contributed by atoms with E-state index in [0.29, 0.717) is 5.56 Å². The first-order valence-electron chi connectivity index (χ1n) is 8.05. The van der Waals surface area contributed by atoms with Crippen LogP contribution in [0.3, 0.4) is 0 Å². The van der Waals surface area contributed by atoms with Crippen LogP contribution in [0, 0.1) is 13.8 Å². The minimum atomic E-state index is -0.236. The minimum absolute atomic E-state index is 0.0128. The Balaban J connectivity index is 1.89. The van der Waals surface area contributed by atoms with Gasteiger partial charge in [-0.05, 0) is 44.2 Å². The smallest absolute Gasteiger partial charge is 0.262 e. The molecule has 0 fully saturated rings. The molecule has 2 heterocycles. The summed E-state index contributed by atoms with van der Waals surface area (Å²) in [6.45, 7) is 4.07. The predicted molar refractivity (Wildman–Crippen MR) is 96.3 cm³/mol. The number of carbonyl (C=O) groups excluding carboxylic acids is 1. The number of aromatic nitrogens is 1. The van der Waals surface area contributed by atoms with Crippen LogP contribution >= 0.6 is 0 Å². The average Bonchev–Trinajstić information content (AvgIpc) is 2.94. The number of aryl methyl sites for hydroxylation is 2. The Morgan fingerprint density at radius 3 is 2.38 bits per heavy atom. The Labute approximate surface area is 141 Å². The van der Waals surface area contributed by atoms with Gasteiger partial charge in [0.1, 0.15) is 6.17 Å². The largest absolute Gasteiger partial charge is 0.362 e. The number of fused-ring (bicyclic) bond motifs is 1. The van der Waals surface area contributed by atoms with Gasteiger partial charge < -0.3 is 10.3 Å². The second kappa shape index (κ2) is 5.57. The average molecular weight is 317 g/mol. The molecule has 0 spiro atoms. The molecule has 2 N–H and O–H groups in total. The van der Waals surface area contributed by atoms with Crippen molar-refractivity contribution in [3.05, 3.63) is 83.2 Å². The highest BCUT2D eigenvalue weighted by atomic mass is 16.2. The second-order valence-electron chi connectivity index (χ2n) is 6.14. The Bertz CT molecular complexity index is 898. The van der Waals surface area contributed by atoms with Crippen LogP contribution in [0.5, 0.6) is 0 Å². The van der Waals surface area contributed by atoms with Crippen molar-refractivity contribution in [1.82, 2.24) is 4.98 Å². The first-order valence-corrected chi connectivity index (χ1v) is 8.05. The van der Waals surface area contributed by atoms with Gasteiger partial charge in [-0.15, -0.1) is 0 Å². The maximum absolute atomic E-state index is 13.2. The second-order valence-corrected chi connectivity index (χ2v) is 6.14. The first kappa shape index (κ1) is 14.6. The van der Waals surface area contributed by atoms with Crippen LogP contribution in [0.15, 0.2) is 60.7 Å². The third kappa shape index (κ3) is 2.27. The lowest BCUT2D eigenvalue weighted by Gasteiger charge is -2.38. The van der Waals surface area contributed by atoms with E-state index < -0.39 is 0 Å². The highest BCUT2D eigenvalue weighted by molar-refractivity contribution is 6.12. The third-order valence-electron chi connectivity index (χ3n) is 4.45. The van der Waals surface area contributed by atoms with Crippen LogP contribution in [-0.4, -0.2) is 10.9 Å². The van der Waals surface area contributed by atoms with E-state index in [4.69, 9.17) is 0 Å². The standard InChI is InChI=1S/C20H19N3O/c1-13-12-17(14(2)21-13)19-22-18-11-7-6-10-16(18)20(24)23(19)15-8-4-3-5-9-15/h3-12,19,21-22H,1-2H3/t19-/m0/s1. The number of nitrogens with one attached hydrogen (secondary N) is 2. The van der Waals surface area contributed by atoms with Gasteiger partial charge in [-0.3, -0.25) is 9.69 Å². The molecule has 1 aliphatic rings. The van der Waals surface area contributed by atoms with Gasteiger partial charge >= 0.3 is 0 Å². The number of anilines is 2. The molecule has 4 heteroatoms. The SMILES string of the molecule is Cc1cc([C@H]2Nc3ccccc3C(=O)N2c2ccccc2)c(C)[nH]1. The van der Waals surface area contributed by atoms with E-state index in [9.17, 15) is 4.79 Å². The normalized spacial score (nSPS) is 16.7. The van der Waals surface area contributed by atoms with Crippen molar-refractivity contribution in [3.63, 3.8) is 0 Å². The Morgan fingerprint density at radius 2 is 1.67 bits per heavy atom. The van der Waals surface area contributed by atoms with E-state index in [2.05, 4.69) is 16.4 Å². The quantitative estimate of drug-likeness (QED) is 0.736. The van der Waals surface area contributed by atoms with Gasteiger partial charge in [-0.25, -0.2) is 0 Å². The molecule has 0 unspecified atom stereocenters. The Kier molecular flexibility index (Phi) is 3.38. The Hall–Kier alpha value is -3.01. The topological polar surface area (TPSA) is 48.1 Å². The summed E-state index contributed by atoms with van der Waals surface area (Å²) in [5.74, 6) is 0.0128. The maximum atomic E-state index is 13.2. The molecule has 0 aliphatic carbocycles. The van der Waals surface area contributed by atoms with Gasteiger partial charge in [0, 0.05) is 28.3 Å². The summed E-state index contributed by atoms with van der Waals surface area (Å²) < 4.78 is 0. The fourth-order valence-electron chi connectivity index (χ4n) is 3.36. The molecule has 0 bridgehead atoms. The zero-order valence-corrected chi connectivity index (χ0v) is 13.7. The van der Waals surface area contributed by atoms with E-state index in [1.54, 1.807) is 0 Å². The number of nitrogens with zero attached hydrogens (tertiary/aromatic N) is 1. The van der Waals surface area contributed by atoms with Crippen LogP contribution in [0.2, 0.25) is 0 Å². The van der Waals surface area contributed by atoms with Crippen molar-refractivity contribution in [2.24, 2.45) is 0 Å². The number of carbonyl (C=O) groups is 1. The van der Waals surface area contributed by atoms with Crippen LogP contribution in [0.25, 0.3) is 0 Å². The summed E-state index contributed by atoms with van der Waals surface area (Å²) >= 11 is 0. The van der Waals surface area contributed by atoms with E-state index in [1.807, 2.05) is 73.3 Å². The van der Waals surface area contributed by atoms with Crippen molar-refractivity contribution in [3.8, 4) is 0 Å². The van der Waals surface area contributed by atoms with Gasteiger partial charge in [-0.1, -0.05) is 30.3 Å². The van der Waals surface area contributed by atoms with Gasteiger partial charge in [0.25, 0.3) is 5.91 Å². The van der Waals surface area contributed by atoms with Crippen molar-refractivity contribution in [2.75, 3.05) is 10.2 Å². The molecule has 2 aromatic carbocycles. The Morgan fingerprint density at radius 1 is 0.958 bits per heavy atom. The lowest BCUT2D eigenvalue weighted by atomic mass is 10.0. The number of amides is 1. The molecule has 0 radical (unpaired) electrons. The fourth-order valence-corrected chi connectivity index (χ4v) is 3.36. The van der Waals surface area contributed by atoms with Crippen LogP contribution in [-0.2, 0) is 0 Å². The minimum Gasteiger partial charge on any atom is -0.362 e. The summed E-state index contributed by atoms with van der Waals surface area (Å²) in [6, 6.07) is 19.6. The van der Waals surface area contributed by atoms with E-state index >= 15 is 0 Å². The van der Waals surface area contributed by atoms with Crippen LogP contribution in [0.1, 0.15) is 33.5 Å². The number of rotatable bonds is 2. The molecule has 4 nitrogen and oxygen atoms in total. The third-order valence-corrected chi connectivity index (χ3v) is 4.45. The molecular formula is C20H19N3O. The maximum Gasteiger partial charge on any atom is 0.262 e.